The van der Waals surface area contributed by atoms with Crippen LogP contribution in [0.15, 0.2) is 23.1 Å². The van der Waals surface area contributed by atoms with Gasteiger partial charge in [0.1, 0.15) is 16.5 Å². The number of rotatable bonds is 3. The maximum Gasteiger partial charge on any atom is 0.243 e. The highest BCUT2D eigenvalue weighted by molar-refractivity contribution is 7.89. The lowest BCUT2D eigenvalue weighted by Gasteiger charge is -2.27. The maximum atomic E-state index is 13.2. The van der Waals surface area contributed by atoms with E-state index >= 15 is 0 Å². The first-order chi connectivity index (χ1) is 7.49. The lowest BCUT2D eigenvalue weighted by Crippen LogP contribution is -2.56. The Bertz CT molecular complexity index is 500. The van der Waals surface area contributed by atoms with Crippen molar-refractivity contribution in [2.75, 3.05) is 13.1 Å². The van der Waals surface area contributed by atoms with Gasteiger partial charge in [0.15, 0.2) is 0 Å². The Hall–Kier alpha value is -1.05. The molecule has 2 N–H and O–H groups in total. The fourth-order valence-corrected chi connectivity index (χ4v) is 2.66. The van der Waals surface area contributed by atoms with E-state index in [9.17, 15) is 17.2 Å². The molecule has 1 saturated heterocycles. The summed E-state index contributed by atoms with van der Waals surface area (Å²) < 4.78 is 51.7. The zero-order chi connectivity index (χ0) is 11.8. The molecule has 0 bridgehead atoms. The molecule has 1 heterocycles. The van der Waals surface area contributed by atoms with Crippen LogP contribution in [0.3, 0.4) is 0 Å². The average Bonchev–Trinajstić information content (AvgIpc) is 2.16. The zero-order valence-corrected chi connectivity index (χ0v) is 9.02. The van der Waals surface area contributed by atoms with E-state index in [4.69, 9.17) is 0 Å². The summed E-state index contributed by atoms with van der Waals surface area (Å²) in [6, 6.07) is 2.08. The van der Waals surface area contributed by atoms with Crippen molar-refractivity contribution < 1.29 is 17.2 Å². The second kappa shape index (κ2) is 4.08. The van der Waals surface area contributed by atoms with Gasteiger partial charge in [-0.15, -0.1) is 0 Å². The van der Waals surface area contributed by atoms with E-state index in [1.54, 1.807) is 0 Å². The monoisotopic (exact) mass is 248 g/mol. The molecule has 0 aromatic heterocycles. The Morgan fingerprint density at radius 3 is 2.56 bits per heavy atom. The highest BCUT2D eigenvalue weighted by atomic mass is 32.2. The summed E-state index contributed by atoms with van der Waals surface area (Å²) in [7, 11) is -3.98. The van der Waals surface area contributed by atoms with Crippen molar-refractivity contribution in [1.82, 2.24) is 10.0 Å². The fraction of sp³-hybridized carbons (Fsp3) is 0.333. The molecule has 0 amide bonds. The summed E-state index contributed by atoms with van der Waals surface area (Å²) in [6.45, 7) is 0.992. The molecule has 0 aliphatic carbocycles. The van der Waals surface area contributed by atoms with Crippen molar-refractivity contribution >= 4 is 10.0 Å². The van der Waals surface area contributed by atoms with Crippen LogP contribution in [0.5, 0.6) is 0 Å². The van der Waals surface area contributed by atoms with Gasteiger partial charge in [0.05, 0.1) is 0 Å². The van der Waals surface area contributed by atoms with E-state index in [1.807, 2.05) is 0 Å². The first-order valence-corrected chi connectivity index (χ1v) is 6.15. The molecule has 7 heteroatoms. The second-order valence-electron chi connectivity index (χ2n) is 3.55. The van der Waals surface area contributed by atoms with Gasteiger partial charge in [0.2, 0.25) is 10.0 Å². The third-order valence-electron chi connectivity index (χ3n) is 2.29. The number of hydrogen-bond donors (Lipinski definition) is 2. The number of halogens is 2. The third-order valence-corrected chi connectivity index (χ3v) is 3.82. The molecule has 1 aromatic carbocycles. The minimum absolute atomic E-state index is 0.257. The van der Waals surface area contributed by atoms with Crippen molar-refractivity contribution in [3.05, 3.63) is 29.8 Å². The van der Waals surface area contributed by atoms with Crippen molar-refractivity contribution in [3.63, 3.8) is 0 Å². The number of benzene rings is 1. The van der Waals surface area contributed by atoms with Gasteiger partial charge < -0.3 is 5.32 Å². The lowest BCUT2D eigenvalue weighted by atomic mass is 10.2. The van der Waals surface area contributed by atoms with E-state index in [0.29, 0.717) is 19.2 Å². The van der Waals surface area contributed by atoms with E-state index in [2.05, 4.69) is 10.0 Å². The minimum Gasteiger partial charge on any atom is -0.313 e. The molecule has 1 aliphatic heterocycles. The quantitative estimate of drug-likeness (QED) is 0.804. The van der Waals surface area contributed by atoms with Gasteiger partial charge in [-0.25, -0.2) is 21.9 Å². The molecule has 1 aromatic rings. The van der Waals surface area contributed by atoms with Gasteiger partial charge in [-0.1, -0.05) is 0 Å². The van der Waals surface area contributed by atoms with Crippen LogP contribution in [0.1, 0.15) is 0 Å². The molecule has 2 rings (SSSR count). The molecule has 16 heavy (non-hydrogen) atoms. The standard InChI is InChI=1S/C9H10F2N2O2S/c10-6-1-2-8(11)9(3-6)16(14,15)13-7-4-12-5-7/h1-3,7,12-13H,4-5H2. The van der Waals surface area contributed by atoms with E-state index in [0.717, 1.165) is 12.1 Å². The summed E-state index contributed by atoms with van der Waals surface area (Å²) in [5.74, 6) is -1.74. The molecule has 0 spiro atoms. The smallest absolute Gasteiger partial charge is 0.243 e. The summed E-state index contributed by atoms with van der Waals surface area (Å²) >= 11 is 0. The van der Waals surface area contributed by atoms with Crippen LogP contribution in [0.2, 0.25) is 0 Å². The number of sulfonamides is 1. The van der Waals surface area contributed by atoms with Crippen LogP contribution in [-0.2, 0) is 10.0 Å². The van der Waals surface area contributed by atoms with Crippen LogP contribution < -0.4 is 10.0 Å². The van der Waals surface area contributed by atoms with Gasteiger partial charge >= 0.3 is 0 Å². The van der Waals surface area contributed by atoms with Crippen LogP contribution in [0, 0.1) is 11.6 Å². The predicted molar refractivity (Wildman–Crippen MR) is 53.3 cm³/mol. The van der Waals surface area contributed by atoms with Gasteiger partial charge in [0.25, 0.3) is 0 Å². The Balaban J connectivity index is 2.30. The third kappa shape index (κ3) is 2.21. The highest BCUT2D eigenvalue weighted by Gasteiger charge is 2.26. The van der Waals surface area contributed by atoms with Crippen molar-refractivity contribution in [3.8, 4) is 0 Å². The van der Waals surface area contributed by atoms with Crippen molar-refractivity contribution in [2.45, 2.75) is 10.9 Å². The second-order valence-corrected chi connectivity index (χ2v) is 5.23. The zero-order valence-electron chi connectivity index (χ0n) is 8.20. The Morgan fingerprint density at radius 1 is 1.31 bits per heavy atom. The molecule has 1 fully saturated rings. The summed E-state index contributed by atoms with van der Waals surface area (Å²) in [4.78, 5) is -0.653. The summed E-state index contributed by atoms with van der Waals surface area (Å²) in [5, 5.41) is 2.87. The van der Waals surface area contributed by atoms with Crippen LogP contribution in [0.4, 0.5) is 8.78 Å². The first kappa shape index (κ1) is 11.4. The first-order valence-electron chi connectivity index (χ1n) is 4.67. The van der Waals surface area contributed by atoms with Crippen molar-refractivity contribution in [1.29, 1.82) is 0 Å². The average molecular weight is 248 g/mol. The minimum atomic E-state index is -3.98. The van der Waals surface area contributed by atoms with Crippen LogP contribution in [0.25, 0.3) is 0 Å². The largest absolute Gasteiger partial charge is 0.313 e. The van der Waals surface area contributed by atoms with Gasteiger partial charge in [0, 0.05) is 19.1 Å². The summed E-state index contributed by atoms with van der Waals surface area (Å²) in [6.07, 6.45) is 0. The maximum absolute atomic E-state index is 13.2. The molecule has 0 radical (unpaired) electrons. The van der Waals surface area contributed by atoms with E-state index < -0.39 is 26.6 Å². The highest BCUT2D eigenvalue weighted by Crippen LogP contribution is 2.16. The molecule has 1 aliphatic rings. The molecular weight excluding hydrogens is 238 g/mol. The Kier molecular flexibility index (Phi) is 2.92. The molecule has 0 saturated carbocycles. The Labute approximate surface area is 91.7 Å². The predicted octanol–water partition coefficient (Wildman–Crippen LogP) is 0.215. The van der Waals surface area contributed by atoms with Crippen molar-refractivity contribution in [2.24, 2.45) is 0 Å². The normalized spacial score (nSPS) is 17.1. The van der Waals surface area contributed by atoms with E-state index in [-0.39, 0.29) is 6.04 Å². The van der Waals surface area contributed by atoms with Crippen LogP contribution in [-0.4, -0.2) is 27.5 Å². The molecule has 4 nitrogen and oxygen atoms in total. The number of nitrogens with one attached hydrogen (secondary N) is 2. The SMILES string of the molecule is O=S(=O)(NC1CNC1)c1cc(F)ccc1F. The van der Waals surface area contributed by atoms with E-state index in [1.165, 1.54) is 0 Å². The molecular formula is C9H10F2N2O2S. The molecule has 0 unspecified atom stereocenters. The van der Waals surface area contributed by atoms with Gasteiger partial charge in [-0.3, -0.25) is 0 Å². The molecule has 0 atom stereocenters. The van der Waals surface area contributed by atoms with Gasteiger partial charge in [-0.2, -0.15) is 0 Å². The summed E-state index contributed by atoms with van der Waals surface area (Å²) in [5.41, 5.74) is 0. The topological polar surface area (TPSA) is 58.2 Å². The lowest BCUT2D eigenvalue weighted by molar-refractivity contribution is 0.409. The van der Waals surface area contributed by atoms with Crippen LogP contribution >= 0.6 is 0 Å². The Morgan fingerprint density at radius 2 is 2.00 bits per heavy atom. The molecule has 88 valence electrons. The number of hydrogen-bond acceptors (Lipinski definition) is 3. The fourth-order valence-electron chi connectivity index (χ4n) is 1.34. The van der Waals surface area contributed by atoms with Gasteiger partial charge in [-0.05, 0) is 18.2 Å².